The second kappa shape index (κ2) is 4.69. The van der Waals surface area contributed by atoms with Gasteiger partial charge in [-0.3, -0.25) is 0 Å². The third-order valence-electron chi connectivity index (χ3n) is 1.68. The number of hydrogen-bond donors (Lipinski definition) is 4. The summed E-state index contributed by atoms with van der Waals surface area (Å²) in [5.74, 6) is 0. The molecule has 4 heteroatoms. The molecule has 1 rings (SSSR count). The van der Waals surface area contributed by atoms with E-state index in [1.807, 2.05) is 18.2 Å². The smallest absolute Gasteiger partial charge is 0.153 e. The van der Waals surface area contributed by atoms with Gasteiger partial charge in [-0.25, -0.2) is 0 Å². The van der Waals surface area contributed by atoms with Crippen molar-refractivity contribution >= 4 is 11.4 Å². The lowest BCUT2D eigenvalue weighted by molar-refractivity contribution is -0.0423. The van der Waals surface area contributed by atoms with Crippen molar-refractivity contribution in [2.75, 3.05) is 17.6 Å². The van der Waals surface area contributed by atoms with E-state index in [1.54, 1.807) is 6.07 Å². The average Bonchev–Trinajstić information content (AvgIpc) is 2.08. The number of aliphatic hydroxyl groups excluding tert-OH is 1. The van der Waals surface area contributed by atoms with Gasteiger partial charge in [0.1, 0.15) is 0 Å². The van der Waals surface area contributed by atoms with Crippen LogP contribution in [0.5, 0.6) is 0 Å². The van der Waals surface area contributed by atoms with Crippen LogP contribution < -0.4 is 11.1 Å². The molecule has 13 heavy (non-hydrogen) atoms. The lowest BCUT2D eigenvalue weighted by Gasteiger charge is -2.09. The van der Waals surface area contributed by atoms with Crippen molar-refractivity contribution in [3.63, 3.8) is 0 Å². The zero-order chi connectivity index (χ0) is 9.68. The average molecular weight is 182 g/mol. The number of aliphatic hydroxyl groups is 2. The number of nitrogens with two attached hydrogens (primary N) is 1. The van der Waals surface area contributed by atoms with Gasteiger partial charge in [0.2, 0.25) is 0 Å². The first-order valence-electron chi connectivity index (χ1n) is 4.14. The van der Waals surface area contributed by atoms with Crippen LogP contribution in [0.2, 0.25) is 0 Å². The van der Waals surface area contributed by atoms with Crippen LogP contribution in [0.15, 0.2) is 24.3 Å². The Labute approximate surface area is 77.0 Å². The molecule has 0 unspecified atom stereocenters. The van der Waals surface area contributed by atoms with Crippen molar-refractivity contribution in [1.82, 2.24) is 0 Å². The van der Waals surface area contributed by atoms with Crippen molar-refractivity contribution in [2.45, 2.75) is 12.7 Å². The number of nitrogen functional groups attached to an aromatic ring is 1. The predicted octanol–water partition coefficient (Wildman–Crippen LogP) is 0.382. The molecule has 0 saturated heterocycles. The van der Waals surface area contributed by atoms with Gasteiger partial charge in [-0.15, -0.1) is 0 Å². The van der Waals surface area contributed by atoms with Gasteiger partial charge in [0.25, 0.3) is 0 Å². The van der Waals surface area contributed by atoms with Gasteiger partial charge >= 0.3 is 0 Å². The highest BCUT2D eigenvalue weighted by Crippen LogP contribution is 2.16. The first-order valence-corrected chi connectivity index (χ1v) is 4.14. The molecule has 0 heterocycles. The van der Waals surface area contributed by atoms with Crippen LogP contribution in [-0.4, -0.2) is 23.0 Å². The fraction of sp³-hybridized carbons (Fsp3) is 0.333. The molecule has 0 aromatic heterocycles. The molecule has 0 bridgehead atoms. The Morgan fingerprint density at radius 2 is 2.00 bits per heavy atom. The normalized spacial score (nSPS) is 10.4. The summed E-state index contributed by atoms with van der Waals surface area (Å²) in [6, 6.07) is 7.35. The molecule has 5 N–H and O–H groups in total. The third-order valence-corrected chi connectivity index (χ3v) is 1.68. The van der Waals surface area contributed by atoms with E-state index in [1.165, 1.54) is 0 Å². The molecule has 0 spiro atoms. The third kappa shape index (κ3) is 3.31. The maximum Gasteiger partial charge on any atom is 0.153 e. The second-order valence-electron chi connectivity index (χ2n) is 2.78. The van der Waals surface area contributed by atoms with E-state index in [0.717, 1.165) is 5.69 Å². The molecule has 72 valence electrons. The topological polar surface area (TPSA) is 78.5 Å². The molecular formula is C9H14N2O2. The van der Waals surface area contributed by atoms with Crippen LogP contribution in [0.3, 0.4) is 0 Å². The summed E-state index contributed by atoms with van der Waals surface area (Å²) in [6.07, 6.45) is -0.980. The highest BCUT2D eigenvalue weighted by Gasteiger charge is 1.98. The quantitative estimate of drug-likeness (QED) is 0.401. The lowest BCUT2D eigenvalue weighted by Crippen LogP contribution is -2.12. The minimum atomic E-state index is -1.27. The Morgan fingerprint density at radius 1 is 1.31 bits per heavy atom. The molecule has 0 atom stereocenters. The fourth-order valence-electron chi connectivity index (χ4n) is 0.994. The van der Waals surface area contributed by atoms with Crippen LogP contribution >= 0.6 is 0 Å². The van der Waals surface area contributed by atoms with Crippen LogP contribution in [0.4, 0.5) is 11.4 Å². The molecular weight excluding hydrogens is 168 g/mol. The molecule has 0 amide bonds. The number of rotatable bonds is 4. The number of nitrogens with one attached hydrogen (secondary N) is 1. The minimum Gasteiger partial charge on any atom is -0.397 e. The van der Waals surface area contributed by atoms with Crippen molar-refractivity contribution < 1.29 is 10.2 Å². The van der Waals surface area contributed by atoms with E-state index in [-0.39, 0.29) is 6.42 Å². The van der Waals surface area contributed by atoms with Gasteiger partial charge in [0.15, 0.2) is 6.29 Å². The molecule has 0 aliphatic heterocycles. The molecule has 0 saturated carbocycles. The summed E-state index contributed by atoms with van der Waals surface area (Å²) >= 11 is 0. The Morgan fingerprint density at radius 3 is 2.62 bits per heavy atom. The molecule has 0 aliphatic carbocycles. The Bertz CT molecular complexity index is 264. The summed E-state index contributed by atoms with van der Waals surface area (Å²) in [4.78, 5) is 0. The zero-order valence-corrected chi connectivity index (χ0v) is 7.27. The SMILES string of the molecule is Nc1ccccc1NCCC(O)O. The number of anilines is 2. The first-order chi connectivity index (χ1) is 6.20. The maximum atomic E-state index is 8.58. The Kier molecular flexibility index (Phi) is 3.54. The van der Waals surface area contributed by atoms with Gasteiger partial charge in [-0.2, -0.15) is 0 Å². The van der Waals surface area contributed by atoms with Crippen LogP contribution in [0, 0.1) is 0 Å². The summed E-state index contributed by atoms with van der Waals surface area (Å²) in [5, 5.41) is 20.2. The van der Waals surface area contributed by atoms with Gasteiger partial charge in [0, 0.05) is 13.0 Å². The largest absolute Gasteiger partial charge is 0.397 e. The van der Waals surface area contributed by atoms with Gasteiger partial charge in [0.05, 0.1) is 11.4 Å². The molecule has 1 aromatic carbocycles. The van der Waals surface area contributed by atoms with E-state index in [9.17, 15) is 0 Å². The van der Waals surface area contributed by atoms with Gasteiger partial charge in [-0.05, 0) is 12.1 Å². The highest BCUT2D eigenvalue weighted by molar-refractivity contribution is 5.65. The molecule has 1 aromatic rings. The van der Waals surface area contributed by atoms with E-state index in [0.29, 0.717) is 12.2 Å². The minimum absolute atomic E-state index is 0.286. The molecule has 0 radical (unpaired) electrons. The van der Waals surface area contributed by atoms with Gasteiger partial charge in [-0.1, -0.05) is 12.1 Å². The van der Waals surface area contributed by atoms with Crippen LogP contribution in [0.1, 0.15) is 6.42 Å². The van der Waals surface area contributed by atoms with Crippen molar-refractivity contribution in [3.8, 4) is 0 Å². The summed E-state index contributed by atoms with van der Waals surface area (Å²) in [5.41, 5.74) is 7.13. The van der Waals surface area contributed by atoms with Crippen molar-refractivity contribution in [1.29, 1.82) is 0 Å². The first kappa shape index (κ1) is 9.83. The summed E-state index contributed by atoms with van der Waals surface area (Å²) in [6.45, 7) is 0.492. The van der Waals surface area contributed by atoms with E-state index < -0.39 is 6.29 Å². The van der Waals surface area contributed by atoms with E-state index >= 15 is 0 Å². The molecule has 4 nitrogen and oxygen atoms in total. The van der Waals surface area contributed by atoms with Crippen molar-refractivity contribution in [2.24, 2.45) is 0 Å². The summed E-state index contributed by atoms with van der Waals surface area (Å²) in [7, 11) is 0. The number of hydrogen-bond acceptors (Lipinski definition) is 4. The highest BCUT2D eigenvalue weighted by atomic mass is 16.5. The monoisotopic (exact) mass is 182 g/mol. The standard InChI is InChI=1S/C9H14N2O2/c10-7-3-1-2-4-8(7)11-6-5-9(12)13/h1-4,9,11-13H,5-6,10H2. The van der Waals surface area contributed by atoms with E-state index in [2.05, 4.69) is 5.32 Å². The van der Waals surface area contributed by atoms with E-state index in [4.69, 9.17) is 15.9 Å². The second-order valence-corrected chi connectivity index (χ2v) is 2.78. The summed E-state index contributed by atoms with van der Waals surface area (Å²) < 4.78 is 0. The fourth-order valence-corrected chi connectivity index (χ4v) is 0.994. The molecule has 0 fully saturated rings. The Hall–Kier alpha value is -1.26. The molecule has 0 aliphatic rings. The number of para-hydroxylation sites is 2. The Balaban J connectivity index is 2.41. The van der Waals surface area contributed by atoms with Crippen LogP contribution in [0.25, 0.3) is 0 Å². The number of benzene rings is 1. The van der Waals surface area contributed by atoms with Gasteiger partial charge < -0.3 is 21.3 Å². The maximum absolute atomic E-state index is 8.58. The predicted molar refractivity (Wildman–Crippen MR) is 52.2 cm³/mol. The zero-order valence-electron chi connectivity index (χ0n) is 7.27. The van der Waals surface area contributed by atoms with Crippen LogP contribution in [-0.2, 0) is 0 Å². The lowest BCUT2D eigenvalue weighted by atomic mass is 10.2. The van der Waals surface area contributed by atoms with Crippen molar-refractivity contribution in [3.05, 3.63) is 24.3 Å².